The van der Waals surface area contributed by atoms with Crippen molar-refractivity contribution in [3.8, 4) is 5.75 Å². The predicted molar refractivity (Wildman–Crippen MR) is 74.9 cm³/mol. The maximum Gasteiger partial charge on any atom is 0.165 e. The summed E-state index contributed by atoms with van der Waals surface area (Å²) in [6.45, 7) is 2.96. The predicted octanol–water partition coefficient (Wildman–Crippen LogP) is 2.36. The van der Waals surface area contributed by atoms with Crippen LogP contribution in [-0.2, 0) is 6.54 Å². The van der Waals surface area contributed by atoms with E-state index in [0.29, 0.717) is 11.8 Å². The molecule has 0 aliphatic carbocycles. The smallest absolute Gasteiger partial charge is 0.165 e. The summed E-state index contributed by atoms with van der Waals surface area (Å²) in [6, 6.07) is 5.84. The Labute approximate surface area is 115 Å². The molecule has 0 spiro atoms. The van der Waals surface area contributed by atoms with E-state index in [0.717, 1.165) is 25.2 Å². The zero-order valence-corrected chi connectivity index (χ0v) is 12.0. The first kappa shape index (κ1) is 14.3. The second-order valence-electron chi connectivity index (χ2n) is 5.46. The van der Waals surface area contributed by atoms with Crippen LogP contribution in [-0.4, -0.2) is 50.1 Å². The van der Waals surface area contributed by atoms with Gasteiger partial charge in [-0.2, -0.15) is 0 Å². The molecule has 1 aliphatic rings. The number of ether oxygens (including phenoxy) is 1. The molecule has 1 aromatic carbocycles. The summed E-state index contributed by atoms with van der Waals surface area (Å²) in [6.07, 6.45) is 2.46. The maximum absolute atomic E-state index is 13.7. The number of hydrogen-bond acceptors (Lipinski definition) is 3. The summed E-state index contributed by atoms with van der Waals surface area (Å²) in [5.74, 6) is 0.0368. The van der Waals surface area contributed by atoms with E-state index >= 15 is 0 Å². The van der Waals surface area contributed by atoms with Gasteiger partial charge in [0.1, 0.15) is 0 Å². The maximum atomic E-state index is 13.7. The minimum absolute atomic E-state index is 0.277. The Morgan fingerprint density at radius 1 is 1.42 bits per heavy atom. The Morgan fingerprint density at radius 3 is 2.84 bits per heavy atom. The molecule has 1 saturated heterocycles. The summed E-state index contributed by atoms with van der Waals surface area (Å²) in [5, 5.41) is 0. The Kier molecular flexibility index (Phi) is 4.77. The third-order valence-electron chi connectivity index (χ3n) is 3.83. The number of benzene rings is 1. The number of rotatable bonds is 4. The highest BCUT2D eigenvalue weighted by Gasteiger charge is 2.21. The van der Waals surface area contributed by atoms with E-state index in [1.165, 1.54) is 20.0 Å². The molecule has 0 radical (unpaired) electrons. The first-order valence-electron chi connectivity index (χ1n) is 6.81. The van der Waals surface area contributed by atoms with Gasteiger partial charge in [0.05, 0.1) is 7.11 Å². The molecule has 0 N–H and O–H groups in total. The summed E-state index contributed by atoms with van der Waals surface area (Å²) in [4.78, 5) is 4.68. The quantitative estimate of drug-likeness (QED) is 0.832. The molecule has 4 heteroatoms. The number of likely N-dealkylation sites (tertiary alicyclic amines) is 1. The third kappa shape index (κ3) is 3.67. The van der Waals surface area contributed by atoms with Gasteiger partial charge < -0.3 is 9.64 Å². The van der Waals surface area contributed by atoms with Crippen LogP contribution in [0.2, 0.25) is 0 Å². The van der Waals surface area contributed by atoms with Gasteiger partial charge in [-0.05, 0) is 51.2 Å². The second kappa shape index (κ2) is 6.35. The van der Waals surface area contributed by atoms with E-state index in [9.17, 15) is 4.39 Å². The largest absolute Gasteiger partial charge is 0.494 e. The SMILES string of the molecule is COc1ccc(CN2CCC[C@@H](N(C)C)C2)cc1F. The van der Waals surface area contributed by atoms with Crippen LogP contribution in [0.1, 0.15) is 18.4 Å². The van der Waals surface area contributed by atoms with Gasteiger partial charge in [-0.3, -0.25) is 4.90 Å². The molecule has 3 nitrogen and oxygen atoms in total. The van der Waals surface area contributed by atoms with Crippen molar-refractivity contribution in [3.63, 3.8) is 0 Å². The van der Waals surface area contributed by atoms with E-state index in [1.807, 2.05) is 6.07 Å². The molecule has 1 aliphatic heterocycles. The van der Waals surface area contributed by atoms with Crippen LogP contribution in [0.3, 0.4) is 0 Å². The normalized spacial score (nSPS) is 20.8. The van der Waals surface area contributed by atoms with E-state index in [1.54, 1.807) is 12.1 Å². The van der Waals surface area contributed by atoms with Gasteiger partial charge in [0.15, 0.2) is 11.6 Å². The van der Waals surface area contributed by atoms with E-state index in [-0.39, 0.29) is 5.82 Å². The number of halogens is 1. The minimum Gasteiger partial charge on any atom is -0.494 e. The van der Waals surface area contributed by atoms with Gasteiger partial charge in [-0.15, -0.1) is 0 Å². The highest BCUT2D eigenvalue weighted by atomic mass is 19.1. The molecule has 1 fully saturated rings. The molecule has 1 aromatic rings. The fraction of sp³-hybridized carbons (Fsp3) is 0.600. The highest BCUT2D eigenvalue weighted by molar-refractivity contribution is 5.29. The Bertz CT molecular complexity index is 423. The zero-order chi connectivity index (χ0) is 13.8. The van der Waals surface area contributed by atoms with Crippen LogP contribution in [0.5, 0.6) is 5.75 Å². The number of likely N-dealkylation sites (N-methyl/N-ethyl adjacent to an activating group) is 1. The molecule has 0 unspecified atom stereocenters. The lowest BCUT2D eigenvalue weighted by molar-refractivity contribution is 0.128. The summed E-state index contributed by atoms with van der Waals surface area (Å²) < 4.78 is 18.6. The molecule has 2 rings (SSSR count). The van der Waals surface area contributed by atoms with Gasteiger partial charge >= 0.3 is 0 Å². The van der Waals surface area contributed by atoms with E-state index in [4.69, 9.17) is 4.74 Å². The average Bonchev–Trinajstić information content (AvgIpc) is 2.39. The van der Waals surface area contributed by atoms with Crippen molar-refractivity contribution in [2.75, 3.05) is 34.3 Å². The lowest BCUT2D eigenvalue weighted by atomic mass is 10.0. The molecular weight excluding hydrogens is 243 g/mol. The van der Waals surface area contributed by atoms with Gasteiger partial charge in [0.25, 0.3) is 0 Å². The van der Waals surface area contributed by atoms with E-state index in [2.05, 4.69) is 23.9 Å². The fourth-order valence-electron chi connectivity index (χ4n) is 2.66. The lowest BCUT2D eigenvalue weighted by Crippen LogP contribution is -2.44. The van der Waals surface area contributed by atoms with Crippen molar-refractivity contribution in [3.05, 3.63) is 29.6 Å². The lowest BCUT2D eigenvalue weighted by Gasteiger charge is -2.36. The summed E-state index contributed by atoms with van der Waals surface area (Å²) in [7, 11) is 5.74. The minimum atomic E-state index is -0.277. The monoisotopic (exact) mass is 266 g/mol. The Balaban J connectivity index is 1.98. The van der Waals surface area contributed by atoms with Crippen LogP contribution in [0.15, 0.2) is 18.2 Å². The second-order valence-corrected chi connectivity index (χ2v) is 5.46. The third-order valence-corrected chi connectivity index (χ3v) is 3.83. The molecule has 1 heterocycles. The van der Waals surface area contributed by atoms with Crippen LogP contribution < -0.4 is 4.74 Å². The standard InChI is InChI=1S/C15H23FN2O/c1-17(2)13-5-4-8-18(11-13)10-12-6-7-15(19-3)14(16)9-12/h6-7,9,13H,4-5,8,10-11H2,1-3H3/t13-/m1/s1. The average molecular weight is 266 g/mol. The molecule has 106 valence electrons. The van der Waals surface area contributed by atoms with Crippen molar-refractivity contribution >= 4 is 0 Å². The number of nitrogens with zero attached hydrogens (tertiary/aromatic N) is 2. The zero-order valence-electron chi connectivity index (χ0n) is 12.0. The van der Waals surface area contributed by atoms with Crippen LogP contribution in [0, 0.1) is 5.82 Å². The fourth-order valence-corrected chi connectivity index (χ4v) is 2.66. The van der Waals surface area contributed by atoms with Crippen LogP contribution >= 0.6 is 0 Å². The van der Waals surface area contributed by atoms with Crippen LogP contribution in [0.4, 0.5) is 4.39 Å². The molecule has 0 aromatic heterocycles. The summed E-state index contributed by atoms with van der Waals surface area (Å²) in [5.41, 5.74) is 1.01. The molecule has 19 heavy (non-hydrogen) atoms. The van der Waals surface area contributed by atoms with Crippen LogP contribution in [0.25, 0.3) is 0 Å². The molecule has 0 bridgehead atoms. The highest BCUT2D eigenvalue weighted by Crippen LogP contribution is 2.21. The molecule has 0 amide bonds. The van der Waals surface area contributed by atoms with Crippen molar-refractivity contribution in [2.45, 2.75) is 25.4 Å². The van der Waals surface area contributed by atoms with Gasteiger partial charge in [0.2, 0.25) is 0 Å². The van der Waals surface area contributed by atoms with Crippen molar-refractivity contribution in [1.29, 1.82) is 0 Å². The van der Waals surface area contributed by atoms with Crippen molar-refractivity contribution < 1.29 is 9.13 Å². The Hall–Kier alpha value is -1.13. The number of piperidine rings is 1. The molecule has 0 saturated carbocycles. The first-order chi connectivity index (χ1) is 9.10. The van der Waals surface area contributed by atoms with Gasteiger partial charge in [0, 0.05) is 19.1 Å². The van der Waals surface area contributed by atoms with Gasteiger partial charge in [-0.25, -0.2) is 4.39 Å². The summed E-state index contributed by atoms with van der Waals surface area (Å²) >= 11 is 0. The topological polar surface area (TPSA) is 15.7 Å². The molecule has 1 atom stereocenters. The van der Waals surface area contributed by atoms with Crippen molar-refractivity contribution in [1.82, 2.24) is 9.80 Å². The van der Waals surface area contributed by atoms with E-state index < -0.39 is 0 Å². The first-order valence-corrected chi connectivity index (χ1v) is 6.81. The number of hydrogen-bond donors (Lipinski definition) is 0. The molecular formula is C15H23FN2O. The van der Waals surface area contributed by atoms with Gasteiger partial charge in [-0.1, -0.05) is 6.07 Å². The number of methoxy groups -OCH3 is 1. The Morgan fingerprint density at radius 2 is 2.21 bits per heavy atom. The van der Waals surface area contributed by atoms with Crippen molar-refractivity contribution in [2.24, 2.45) is 0 Å².